The van der Waals surface area contributed by atoms with Crippen molar-refractivity contribution in [3.8, 4) is 5.75 Å². The fraction of sp³-hybridized carbons (Fsp3) is 0.188. The first-order chi connectivity index (χ1) is 9.70. The van der Waals surface area contributed by atoms with E-state index in [-0.39, 0.29) is 5.91 Å². The van der Waals surface area contributed by atoms with E-state index in [0.29, 0.717) is 24.5 Å². The van der Waals surface area contributed by atoms with Crippen molar-refractivity contribution in [3.05, 3.63) is 64.1 Å². The second kappa shape index (κ2) is 7.10. The third-order valence-electron chi connectivity index (χ3n) is 2.76. The van der Waals surface area contributed by atoms with Crippen LogP contribution in [0, 0.1) is 0 Å². The van der Waals surface area contributed by atoms with Crippen LogP contribution in [0.4, 0.5) is 0 Å². The highest BCUT2D eigenvalue weighted by atomic mass is 79.9. The van der Waals surface area contributed by atoms with Crippen molar-refractivity contribution in [3.63, 3.8) is 0 Å². The fourth-order valence-electron chi connectivity index (χ4n) is 1.80. The molecule has 0 unspecified atom stereocenters. The summed E-state index contributed by atoms with van der Waals surface area (Å²) in [4.78, 5) is 12.0. The average molecular weight is 334 g/mol. The van der Waals surface area contributed by atoms with Gasteiger partial charge in [-0.25, -0.2) is 0 Å². The molecule has 104 valence electrons. The molecule has 1 N–H and O–H groups in total. The Hall–Kier alpha value is -1.81. The monoisotopic (exact) mass is 333 g/mol. The van der Waals surface area contributed by atoms with Crippen molar-refractivity contribution in [2.24, 2.45) is 0 Å². The molecule has 2 aromatic carbocycles. The Morgan fingerprint density at radius 1 is 1.20 bits per heavy atom. The zero-order chi connectivity index (χ0) is 14.4. The number of ether oxygens (including phenoxy) is 1. The summed E-state index contributed by atoms with van der Waals surface area (Å²) in [7, 11) is 0. The lowest BCUT2D eigenvalue weighted by Gasteiger charge is -2.12. The lowest BCUT2D eigenvalue weighted by atomic mass is 10.2. The van der Waals surface area contributed by atoms with Crippen molar-refractivity contribution in [2.45, 2.75) is 13.5 Å². The molecule has 0 aliphatic carbocycles. The first kappa shape index (κ1) is 14.6. The minimum absolute atomic E-state index is 0.128. The summed E-state index contributed by atoms with van der Waals surface area (Å²) in [6, 6.07) is 15.3. The van der Waals surface area contributed by atoms with Crippen LogP contribution in [0.3, 0.4) is 0 Å². The quantitative estimate of drug-likeness (QED) is 0.904. The van der Waals surface area contributed by atoms with E-state index < -0.39 is 0 Å². The second-order valence-electron chi connectivity index (χ2n) is 4.27. The smallest absolute Gasteiger partial charge is 0.255 e. The van der Waals surface area contributed by atoms with Gasteiger partial charge in [-0.2, -0.15) is 0 Å². The minimum atomic E-state index is -0.128. The molecule has 0 heterocycles. The van der Waals surface area contributed by atoms with Crippen molar-refractivity contribution in [1.82, 2.24) is 5.32 Å². The van der Waals surface area contributed by atoms with Gasteiger partial charge in [0.2, 0.25) is 0 Å². The van der Waals surface area contributed by atoms with Gasteiger partial charge in [-0.3, -0.25) is 4.79 Å². The molecule has 0 saturated heterocycles. The van der Waals surface area contributed by atoms with E-state index in [1.165, 1.54) is 0 Å². The molecule has 20 heavy (non-hydrogen) atoms. The topological polar surface area (TPSA) is 38.3 Å². The summed E-state index contributed by atoms with van der Waals surface area (Å²) in [5.41, 5.74) is 1.61. The Labute approximate surface area is 127 Å². The SMILES string of the molecule is CCNC(=O)c1cc(Br)ccc1OCc1ccccc1. The number of rotatable bonds is 5. The predicted octanol–water partition coefficient (Wildman–Crippen LogP) is 3.78. The Kier molecular flexibility index (Phi) is 5.18. The van der Waals surface area contributed by atoms with Gasteiger partial charge in [0.05, 0.1) is 5.56 Å². The standard InChI is InChI=1S/C16H16BrNO2/c1-2-18-16(19)14-10-13(17)8-9-15(14)20-11-12-6-4-3-5-7-12/h3-10H,2,11H2,1H3,(H,18,19). The van der Waals surface area contributed by atoms with Crippen molar-refractivity contribution in [1.29, 1.82) is 0 Å². The van der Waals surface area contributed by atoms with Gasteiger partial charge in [0.15, 0.2) is 0 Å². The van der Waals surface area contributed by atoms with Crippen LogP contribution < -0.4 is 10.1 Å². The normalized spacial score (nSPS) is 10.1. The molecule has 0 bridgehead atoms. The Balaban J connectivity index is 2.16. The maximum atomic E-state index is 12.0. The van der Waals surface area contributed by atoms with Crippen LogP contribution in [-0.4, -0.2) is 12.5 Å². The van der Waals surface area contributed by atoms with Crippen LogP contribution in [0.2, 0.25) is 0 Å². The fourth-order valence-corrected chi connectivity index (χ4v) is 2.16. The largest absolute Gasteiger partial charge is 0.488 e. The molecular formula is C16H16BrNO2. The van der Waals surface area contributed by atoms with Crippen molar-refractivity contribution < 1.29 is 9.53 Å². The summed E-state index contributed by atoms with van der Waals surface area (Å²) in [5.74, 6) is 0.458. The van der Waals surface area contributed by atoms with Gasteiger partial charge in [0.1, 0.15) is 12.4 Å². The van der Waals surface area contributed by atoms with Crippen molar-refractivity contribution >= 4 is 21.8 Å². The molecule has 1 amide bonds. The van der Waals surface area contributed by atoms with Gasteiger partial charge < -0.3 is 10.1 Å². The summed E-state index contributed by atoms with van der Waals surface area (Å²) in [6.07, 6.45) is 0. The molecule has 4 heteroatoms. The Bertz CT molecular complexity index is 584. The van der Waals surface area contributed by atoms with Crippen molar-refractivity contribution in [2.75, 3.05) is 6.54 Å². The van der Waals surface area contributed by atoms with E-state index in [0.717, 1.165) is 10.0 Å². The number of hydrogen-bond acceptors (Lipinski definition) is 2. The highest BCUT2D eigenvalue weighted by Crippen LogP contribution is 2.24. The summed E-state index contributed by atoms with van der Waals surface area (Å²) in [6.45, 7) is 2.92. The van der Waals surface area contributed by atoms with E-state index >= 15 is 0 Å². The minimum Gasteiger partial charge on any atom is -0.488 e. The summed E-state index contributed by atoms with van der Waals surface area (Å²) >= 11 is 3.38. The van der Waals surface area contributed by atoms with Gasteiger partial charge >= 0.3 is 0 Å². The van der Waals surface area contributed by atoms with E-state index in [1.807, 2.05) is 43.3 Å². The van der Waals surface area contributed by atoms with Crippen LogP contribution in [0.5, 0.6) is 5.75 Å². The van der Waals surface area contributed by atoms with Crippen LogP contribution >= 0.6 is 15.9 Å². The first-order valence-electron chi connectivity index (χ1n) is 6.45. The van der Waals surface area contributed by atoms with Crippen LogP contribution in [0.25, 0.3) is 0 Å². The molecule has 0 saturated carbocycles. The van der Waals surface area contributed by atoms with Gasteiger partial charge in [-0.1, -0.05) is 46.3 Å². The highest BCUT2D eigenvalue weighted by molar-refractivity contribution is 9.10. The van der Waals surface area contributed by atoms with Gasteiger partial charge in [-0.05, 0) is 30.7 Å². The number of benzene rings is 2. The van der Waals surface area contributed by atoms with Gasteiger partial charge in [-0.15, -0.1) is 0 Å². The average Bonchev–Trinajstić information content (AvgIpc) is 2.47. The highest BCUT2D eigenvalue weighted by Gasteiger charge is 2.12. The molecular weight excluding hydrogens is 318 g/mol. The zero-order valence-electron chi connectivity index (χ0n) is 11.2. The summed E-state index contributed by atoms with van der Waals surface area (Å²) < 4.78 is 6.62. The molecule has 0 fully saturated rings. The number of hydrogen-bond donors (Lipinski definition) is 1. The Morgan fingerprint density at radius 3 is 2.65 bits per heavy atom. The van der Waals surface area contributed by atoms with Crippen LogP contribution in [-0.2, 0) is 6.61 Å². The molecule has 2 aromatic rings. The zero-order valence-corrected chi connectivity index (χ0v) is 12.8. The maximum absolute atomic E-state index is 12.0. The number of amides is 1. The number of nitrogens with one attached hydrogen (secondary N) is 1. The lowest BCUT2D eigenvalue weighted by molar-refractivity contribution is 0.0951. The Morgan fingerprint density at radius 2 is 1.95 bits per heavy atom. The molecule has 0 atom stereocenters. The molecule has 0 radical (unpaired) electrons. The van der Waals surface area contributed by atoms with E-state index in [2.05, 4.69) is 21.2 Å². The maximum Gasteiger partial charge on any atom is 0.255 e. The molecule has 0 aromatic heterocycles. The number of halogens is 1. The number of carbonyl (C=O) groups excluding carboxylic acids is 1. The molecule has 0 spiro atoms. The predicted molar refractivity (Wildman–Crippen MR) is 82.9 cm³/mol. The molecule has 3 nitrogen and oxygen atoms in total. The van der Waals surface area contributed by atoms with Gasteiger partial charge in [0.25, 0.3) is 5.91 Å². The summed E-state index contributed by atoms with van der Waals surface area (Å²) in [5, 5.41) is 2.79. The van der Waals surface area contributed by atoms with E-state index in [9.17, 15) is 4.79 Å². The molecule has 2 rings (SSSR count). The lowest BCUT2D eigenvalue weighted by Crippen LogP contribution is -2.23. The molecule has 0 aliphatic heterocycles. The number of carbonyl (C=O) groups is 1. The van der Waals surface area contributed by atoms with Crippen LogP contribution in [0.15, 0.2) is 53.0 Å². The third kappa shape index (κ3) is 3.84. The first-order valence-corrected chi connectivity index (χ1v) is 7.24. The third-order valence-corrected chi connectivity index (χ3v) is 3.25. The van der Waals surface area contributed by atoms with Crippen LogP contribution in [0.1, 0.15) is 22.8 Å². The van der Waals surface area contributed by atoms with Gasteiger partial charge in [0, 0.05) is 11.0 Å². The second-order valence-corrected chi connectivity index (χ2v) is 5.19. The molecule has 0 aliphatic rings. The van der Waals surface area contributed by atoms with E-state index in [4.69, 9.17) is 4.74 Å². The van der Waals surface area contributed by atoms with E-state index in [1.54, 1.807) is 12.1 Å².